The third-order valence-corrected chi connectivity index (χ3v) is 2.48. The van der Waals surface area contributed by atoms with Crippen LogP contribution in [0, 0.1) is 0 Å². The van der Waals surface area contributed by atoms with Crippen molar-refractivity contribution < 1.29 is 19.1 Å². The zero-order chi connectivity index (χ0) is 10.2. The van der Waals surface area contributed by atoms with E-state index in [2.05, 4.69) is 10.1 Å². The predicted molar refractivity (Wildman–Crippen MR) is 45.7 cm³/mol. The molecule has 0 unspecified atom stereocenters. The molecule has 6 nitrogen and oxygen atoms in total. The van der Waals surface area contributed by atoms with Crippen molar-refractivity contribution in [1.82, 2.24) is 10.2 Å². The molecule has 78 valence electrons. The normalized spacial score (nSPS) is 23.2. The Labute approximate surface area is 81.1 Å². The van der Waals surface area contributed by atoms with Crippen LogP contribution in [0.1, 0.15) is 0 Å². The smallest absolute Gasteiger partial charge is 0.411 e. The predicted octanol–water partition coefficient (Wildman–Crippen LogP) is -1.05. The Balaban J connectivity index is 1.94. The van der Waals surface area contributed by atoms with Crippen molar-refractivity contribution in [2.75, 3.05) is 33.3 Å². The molecular weight excluding hydrogens is 188 g/mol. The third kappa shape index (κ3) is 1.41. The summed E-state index contributed by atoms with van der Waals surface area (Å²) in [5.41, 5.74) is -0.398. The lowest BCUT2D eigenvalue weighted by Crippen LogP contribution is -2.61. The molecule has 1 spiro atoms. The van der Waals surface area contributed by atoms with Crippen LogP contribution < -0.4 is 5.32 Å². The van der Waals surface area contributed by atoms with Gasteiger partial charge in [0, 0.05) is 13.1 Å². The summed E-state index contributed by atoms with van der Waals surface area (Å²) < 4.78 is 9.64. The van der Waals surface area contributed by atoms with Crippen LogP contribution in [0.2, 0.25) is 0 Å². The zero-order valence-electron chi connectivity index (χ0n) is 7.91. The van der Waals surface area contributed by atoms with Gasteiger partial charge >= 0.3 is 12.1 Å². The van der Waals surface area contributed by atoms with E-state index in [1.165, 1.54) is 12.0 Å². The Bertz CT molecular complexity index is 275. The van der Waals surface area contributed by atoms with Crippen molar-refractivity contribution in [1.29, 1.82) is 0 Å². The first-order chi connectivity index (χ1) is 6.65. The number of hydrogen-bond donors (Lipinski definition) is 1. The van der Waals surface area contributed by atoms with Gasteiger partial charge < -0.3 is 14.8 Å². The van der Waals surface area contributed by atoms with Gasteiger partial charge in [0.15, 0.2) is 5.60 Å². The van der Waals surface area contributed by atoms with Crippen LogP contribution in [0.4, 0.5) is 4.79 Å². The molecule has 0 aliphatic carbocycles. The number of nitrogens with one attached hydrogen (secondary N) is 1. The Morgan fingerprint density at radius 2 is 2.43 bits per heavy atom. The van der Waals surface area contributed by atoms with Crippen LogP contribution in [0.3, 0.4) is 0 Å². The Kier molecular flexibility index (Phi) is 2.07. The molecule has 0 aromatic carbocycles. The molecule has 2 fully saturated rings. The van der Waals surface area contributed by atoms with E-state index in [1.807, 2.05) is 0 Å². The number of carbonyl (C=O) groups excluding carboxylic acids is 2. The van der Waals surface area contributed by atoms with Crippen molar-refractivity contribution >= 4 is 12.1 Å². The highest BCUT2D eigenvalue weighted by atomic mass is 16.6. The van der Waals surface area contributed by atoms with Crippen LogP contribution >= 0.6 is 0 Å². The molecule has 2 aliphatic heterocycles. The maximum absolute atomic E-state index is 11.3. The summed E-state index contributed by atoms with van der Waals surface area (Å²) in [7, 11) is 1.30. The molecule has 0 atom stereocenters. The molecule has 0 saturated carbocycles. The highest BCUT2D eigenvalue weighted by molar-refractivity contribution is 5.79. The number of ether oxygens (including phenoxy) is 2. The van der Waals surface area contributed by atoms with Gasteiger partial charge in [-0.2, -0.15) is 0 Å². The fourth-order valence-corrected chi connectivity index (χ4v) is 1.62. The molecule has 14 heavy (non-hydrogen) atoms. The molecule has 1 amide bonds. The summed E-state index contributed by atoms with van der Waals surface area (Å²) in [6.45, 7) is 1.76. The van der Waals surface area contributed by atoms with Gasteiger partial charge in [-0.3, -0.25) is 9.69 Å². The summed E-state index contributed by atoms with van der Waals surface area (Å²) in [5, 5.41) is 3.03. The number of nitrogens with zero attached hydrogens (tertiary/aromatic N) is 1. The second kappa shape index (κ2) is 3.13. The second-order valence-corrected chi connectivity index (χ2v) is 3.59. The quantitative estimate of drug-likeness (QED) is 0.576. The summed E-state index contributed by atoms with van der Waals surface area (Å²) in [5.74, 6) is -0.425. The number of carbonyl (C=O) groups is 2. The Hall–Kier alpha value is -1.30. The minimum Gasteiger partial charge on any atom is -0.468 e. The lowest BCUT2D eigenvalue weighted by molar-refractivity contribution is -0.141. The first-order valence-electron chi connectivity index (χ1n) is 4.41. The maximum Gasteiger partial charge on any atom is 0.411 e. The summed E-state index contributed by atoms with van der Waals surface area (Å²) in [6.07, 6.45) is -0.433. The van der Waals surface area contributed by atoms with Crippen LogP contribution in [0.5, 0.6) is 0 Å². The lowest BCUT2D eigenvalue weighted by atomic mass is 9.97. The third-order valence-electron chi connectivity index (χ3n) is 2.48. The van der Waals surface area contributed by atoms with E-state index in [1.54, 1.807) is 0 Å². The van der Waals surface area contributed by atoms with E-state index in [4.69, 9.17) is 4.74 Å². The molecule has 2 heterocycles. The highest BCUT2D eigenvalue weighted by Crippen LogP contribution is 2.26. The second-order valence-electron chi connectivity index (χ2n) is 3.59. The first kappa shape index (κ1) is 9.26. The van der Waals surface area contributed by atoms with E-state index >= 15 is 0 Å². The number of rotatable bonds is 2. The van der Waals surface area contributed by atoms with Crippen LogP contribution in [0.25, 0.3) is 0 Å². The number of amides is 1. The van der Waals surface area contributed by atoms with Crippen molar-refractivity contribution in [2.45, 2.75) is 5.60 Å². The van der Waals surface area contributed by atoms with Gasteiger partial charge in [-0.05, 0) is 0 Å². The topological polar surface area (TPSA) is 67.9 Å². The van der Waals surface area contributed by atoms with Crippen LogP contribution in [-0.2, 0) is 14.3 Å². The van der Waals surface area contributed by atoms with E-state index in [0.717, 1.165) is 0 Å². The van der Waals surface area contributed by atoms with Crippen molar-refractivity contribution in [3.63, 3.8) is 0 Å². The summed E-state index contributed by atoms with van der Waals surface area (Å²) in [6, 6.07) is 0. The van der Waals surface area contributed by atoms with E-state index in [-0.39, 0.29) is 6.54 Å². The lowest BCUT2D eigenvalue weighted by Gasteiger charge is -2.36. The molecule has 2 rings (SSSR count). The van der Waals surface area contributed by atoms with Gasteiger partial charge in [0.2, 0.25) is 0 Å². The van der Waals surface area contributed by atoms with Crippen molar-refractivity contribution in [3.8, 4) is 0 Å². The van der Waals surface area contributed by atoms with E-state index in [9.17, 15) is 9.59 Å². The Morgan fingerprint density at radius 1 is 1.71 bits per heavy atom. The van der Waals surface area contributed by atoms with E-state index in [0.29, 0.717) is 19.6 Å². The minimum atomic E-state index is -0.433. The molecule has 2 aliphatic rings. The van der Waals surface area contributed by atoms with Gasteiger partial charge in [-0.25, -0.2) is 4.79 Å². The van der Waals surface area contributed by atoms with Gasteiger partial charge in [0.1, 0.15) is 6.54 Å². The van der Waals surface area contributed by atoms with Crippen molar-refractivity contribution in [3.05, 3.63) is 0 Å². The maximum atomic E-state index is 11.3. The minimum absolute atomic E-state index is 0.0307. The van der Waals surface area contributed by atoms with Gasteiger partial charge in [-0.15, -0.1) is 0 Å². The zero-order valence-corrected chi connectivity index (χ0v) is 7.91. The first-order valence-corrected chi connectivity index (χ1v) is 4.41. The molecule has 1 N–H and O–H groups in total. The van der Waals surface area contributed by atoms with Gasteiger partial charge in [-0.1, -0.05) is 0 Å². The van der Waals surface area contributed by atoms with Crippen LogP contribution in [0.15, 0.2) is 0 Å². The van der Waals surface area contributed by atoms with E-state index < -0.39 is 17.7 Å². The number of hydrogen-bond acceptors (Lipinski definition) is 5. The fourth-order valence-electron chi connectivity index (χ4n) is 1.62. The average molecular weight is 200 g/mol. The number of esters is 1. The molecule has 2 saturated heterocycles. The molecular formula is C8H12N2O4. The van der Waals surface area contributed by atoms with Gasteiger partial charge in [0.05, 0.1) is 13.7 Å². The molecule has 6 heteroatoms. The standard InChI is InChI=1S/C8H12N2O4/c1-13-6(11)2-10-5-8(3-9-4-8)14-7(10)12/h9H,2-5H2,1H3. The molecule has 0 aromatic heterocycles. The summed E-state index contributed by atoms with van der Waals surface area (Å²) in [4.78, 5) is 23.6. The monoisotopic (exact) mass is 200 g/mol. The average Bonchev–Trinajstić information content (AvgIpc) is 2.43. The molecule has 0 aromatic rings. The fraction of sp³-hybridized carbons (Fsp3) is 0.750. The van der Waals surface area contributed by atoms with Gasteiger partial charge in [0.25, 0.3) is 0 Å². The SMILES string of the molecule is COC(=O)CN1CC2(CNC2)OC1=O. The highest BCUT2D eigenvalue weighted by Gasteiger charge is 2.49. The van der Waals surface area contributed by atoms with Crippen LogP contribution in [-0.4, -0.2) is 55.9 Å². The summed E-state index contributed by atoms with van der Waals surface area (Å²) >= 11 is 0. The number of methoxy groups -OCH3 is 1. The Morgan fingerprint density at radius 3 is 2.86 bits per heavy atom. The largest absolute Gasteiger partial charge is 0.468 e. The molecule has 0 radical (unpaired) electrons. The van der Waals surface area contributed by atoms with Crippen molar-refractivity contribution in [2.24, 2.45) is 0 Å². The molecule has 0 bridgehead atoms.